The van der Waals surface area contributed by atoms with Crippen molar-refractivity contribution in [3.8, 4) is 0 Å². The molecular formula is C15H31N3O2. The molecule has 0 aromatic carbocycles. The Kier molecular flexibility index (Phi) is 6.92. The molecule has 1 heterocycles. The van der Waals surface area contributed by atoms with Gasteiger partial charge in [-0.25, -0.2) is 0 Å². The van der Waals surface area contributed by atoms with Gasteiger partial charge in [-0.2, -0.15) is 0 Å². The third-order valence-electron chi connectivity index (χ3n) is 4.03. The zero-order valence-electron chi connectivity index (χ0n) is 13.5. The Morgan fingerprint density at radius 3 is 2.40 bits per heavy atom. The van der Waals surface area contributed by atoms with Crippen molar-refractivity contribution in [1.82, 2.24) is 9.80 Å². The quantitative estimate of drug-likeness (QED) is 0.709. The summed E-state index contributed by atoms with van der Waals surface area (Å²) >= 11 is 0. The molecule has 118 valence electrons. The number of nitrogens with two attached hydrogens (primary N) is 1. The highest BCUT2D eigenvalue weighted by Gasteiger charge is 2.34. The van der Waals surface area contributed by atoms with E-state index in [-0.39, 0.29) is 5.97 Å². The smallest absolute Gasteiger partial charge is 0.325 e. The van der Waals surface area contributed by atoms with Crippen LogP contribution in [0.15, 0.2) is 0 Å². The van der Waals surface area contributed by atoms with Crippen LogP contribution in [-0.2, 0) is 9.53 Å². The van der Waals surface area contributed by atoms with Crippen molar-refractivity contribution in [1.29, 1.82) is 0 Å². The summed E-state index contributed by atoms with van der Waals surface area (Å²) in [7, 11) is 0. The second-order valence-corrected chi connectivity index (χ2v) is 6.07. The van der Waals surface area contributed by atoms with E-state index < -0.39 is 5.54 Å². The van der Waals surface area contributed by atoms with Crippen LogP contribution in [0.4, 0.5) is 0 Å². The van der Waals surface area contributed by atoms with Crippen LogP contribution in [0.3, 0.4) is 0 Å². The molecule has 0 aromatic heterocycles. The van der Waals surface area contributed by atoms with Crippen molar-refractivity contribution < 1.29 is 9.53 Å². The third kappa shape index (κ3) is 5.04. The van der Waals surface area contributed by atoms with Crippen LogP contribution in [0.1, 0.15) is 40.5 Å². The molecule has 0 amide bonds. The predicted molar refractivity (Wildman–Crippen MR) is 81.6 cm³/mol. The standard InChI is InChI=1S/C15H31N3O2/c1-5-7-17-8-10-18(11-9-17)13(3)12-15(4,16)14(19)20-6-2/h13H,5-12,16H2,1-4H3. The Morgan fingerprint density at radius 2 is 1.90 bits per heavy atom. The van der Waals surface area contributed by atoms with Crippen LogP contribution < -0.4 is 5.73 Å². The van der Waals surface area contributed by atoms with Crippen LogP contribution in [-0.4, -0.2) is 66.7 Å². The van der Waals surface area contributed by atoms with E-state index in [2.05, 4.69) is 23.6 Å². The van der Waals surface area contributed by atoms with Gasteiger partial charge in [-0.05, 0) is 40.2 Å². The molecule has 5 heteroatoms. The summed E-state index contributed by atoms with van der Waals surface area (Å²) in [6.07, 6.45) is 1.85. The molecule has 0 aliphatic carbocycles. The lowest BCUT2D eigenvalue weighted by atomic mass is 9.94. The fraction of sp³-hybridized carbons (Fsp3) is 0.933. The highest BCUT2D eigenvalue weighted by Crippen LogP contribution is 2.17. The monoisotopic (exact) mass is 285 g/mol. The Labute approximate surface area is 123 Å². The molecule has 0 spiro atoms. The first kappa shape index (κ1) is 17.4. The van der Waals surface area contributed by atoms with Gasteiger partial charge >= 0.3 is 5.97 Å². The van der Waals surface area contributed by atoms with Gasteiger partial charge in [0.2, 0.25) is 0 Å². The first-order chi connectivity index (χ1) is 9.40. The molecule has 20 heavy (non-hydrogen) atoms. The maximum absolute atomic E-state index is 11.8. The normalized spacial score (nSPS) is 22.2. The van der Waals surface area contributed by atoms with Crippen molar-refractivity contribution in [3.63, 3.8) is 0 Å². The second kappa shape index (κ2) is 7.96. The number of rotatable bonds is 7. The topological polar surface area (TPSA) is 58.8 Å². The summed E-state index contributed by atoms with van der Waals surface area (Å²) < 4.78 is 5.05. The third-order valence-corrected chi connectivity index (χ3v) is 4.03. The Hall–Kier alpha value is -0.650. The maximum atomic E-state index is 11.8. The van der Waals surface area contributed by atoms with E-state index in [4.69, 9.17) is 10.5 Å². The van der Waals surface area contributed by atoms with Gasteiger partial charge < -0.3 is 15.4 Å². The fourth-order valence-corrected chi connectivity index (χ4v) is 2.87. The minimum absolute atomic E-state index is 0.295. The largest absolute Gasteiger partial charge is 0.465 e. The van der Waals surface area contributed by atoms with Gasteiger partial charge in [-0.15, -0.1) is 0 Å². The van der Waals surface area contributed by atoms with E-state index in [1.165, 1.54) is 13.0 Å². The Morgan fingerprint density at radius 1 is 1.30 bits per heavy atom. The molecule has 0 saturated carbocycles. The van der Waals surface area contributed by atoms with Gasteiger partial charge in [0.1, 0.15) is 5.54 Å². The number of esters is 1. The Bertz CT molecular complexity index is 299. The number of carbonyl (C=O) groups is 1. The molecule has 0 radical (unpaired) electrons. The molecule has 5 nitrogen and oxygen atoms in total. The fourth-order valence-electron chi connectivity index (χ4n) is 2.87. The number of nitrogens with zero attached hydrogens (tertiary/aromatic N) is 2. The van der Waals surface area contributed by atoms with E-state index in [1.807, 2.05) is 6.92 Å². The number of carbonyl (C=O) groups excluding carboxylic acids is 1. The van der Waals surface area contributed by atoms with E-state index in [1.54, 1.807) is 6.92 Å². The molecule has 2 N–H and O–H groups in total. The van der Waals surface area contributed by atoms with E-state index in [9.17, 15) is 4.79 Å². The minimum atomic E-state index is -0.893. The van der Waals surface area contributed by atoms with Gasteiger partial charge in [0.05, 0.1) is 6.61 Å². The van der Waals surface area contributed by atoms with Gasteiger partial charge in [0.25, 0.3) is 0 Å². The molecule has 1 fully saturated rings. The summed E-state index contributed by atoms with van der Waals surface area (Å²) in [4.78, 5) is 16.8. The van der Waals surface area contributed by atoms with Gasteiger partial charge in [0, 0.05) is 32.2 Å². The van der Waals surface area contributed by atoms with E-state index >= 15 is 0 Å². The Balaban J connectivity index is 2.43. The minimum Gasteiger partial charge on any atom is -0.465 e. The SMILES string of the molecule is CCCN1CCN(C(C)CC(C)(N)C(=O)OCC)CC1. The second-order valence-electron chi connectivity index (χ2n) is 6.07. The highest BCUT2D eigenvalue weighted by molar-refractivity contribution is 5.80. The number of hydrogen-bond donors (Lipinski definition) is 1. The number of ether oxygens (including phenoxy) is 1. The zero-order chi connectivity index (χ0) is 15.2. The summed E-state index contributed by atoms with van der Waals surface area (Å²) in [5.74, 6) is -0.295. The molecule has 0 aromatic rings. The molecule has 2 unspecified atom stereocenters. The summed E-state index contributed by atoms with van der Waals surface area (Å²) in [5.41, 5.74) is 5.22. The maximum Gasteiger partial charge on any atom is 0.325 e. The molecule has 1 saturated heterocycles. The molecule has 2 atom stereocenters. The van der Waals surface area contributed by atoms with Gasteiger partial charge in [-0.1, -0.05) is 6.92 Å². The van der Waals surface area contributed by atoms with Crippen molar-refractivity contribution >= 4 is 5.97 Å². The van der Waals surface area contributed by atoms with Crippen LogP contribution >= 0.6 is 0 Å². The first-order valence-electron chi connectivity index (χ1n) is 7.83. The zero-order valence-corrected chi connectivity index (χ0v) is 13.5. The average molecular weight is 285 g/mol. The van der Waals surface area contributed by atoms with E-state index in [0.717, 1.165) is 26.2 Å². The van der Waals surface area contributed by atoms with Crippen molar-refractivity contribution in [2.45, 2.75) is 52.1 Å². The van der Waals surface area contributed by atoms with Crippen LogP contribution in [0.5, 0.6) is 0 Å². The number of piperazine rings is 1. The molecular weight excluding hydrogens is 254 g/mol. The average Bonchev–Trinajstić information content (AvgIpc) is 2.39. The van der Waals surface area contributed by atoms with Crippen LogP contribution in [0, 0.1) is 0 Å². The van der Waals surface area contributed by atoms with Crippen LogP contribution in [0.2, 0.25) is 0 Å². The predicted octanol–water partition coefficient (Wildman–Crippen LogP) is 1.07. The molecule has 1 aliphatic rings. The lowest BCUT2D eigenvalue weighted by Gasteiger charge is -2.39. The van der Waals surface area contributed by atoms with Gasteiger partial charge in [-0.3, -0.25) is 9.69 Å². The lowest BCUT2D eigenvalue weighted by Crippen LogP contribution is -2.54. The molecule has 1 rings (SSSR count). The summed E-state index contributed by atoms with van der Waals surface area (Å²) in [6, 6.07) is 0.304. The van der Waals surface area contributed by atoms with Crippen molar-refractivity contribution in [3.05, 3.63) is 0 Å². The van der Waals surface area contributed by atoms with Crippen molar-refractivity contribution in [2.24, 2.45) is 5.73 Å². The lowest BCUT2D eigenvalue weighted by molar-refractivity contribution is -0.149. The van der Waals surface area contributed by atoms with Crippen molar-refractivity contribution in [2.75, 3.05) is 39.3 Å². The summed E-state index contributed by atoms with van der Waals surface area (Å²) in [6.45, 7) is 13.8. The van der Waals surface area contributed by atoms with Gasteiger partial charge in [0.15, 0.2) is 0 Å². The first-order valence-corrected chi connectivity index (χ1v) is 7.83. The summed E-state index contributed by atoms with van der Waals surface area (Å²) in [5, 5.41) is 0. The molecule has 0 bridgehead atoms. The number of hydrogen-bond acceptors (Lipinski definition) is 5. The van der Waals surface area contributed by atoms with E-state index in [0.29, 0.717) is 19.1 Å². The molecule has 1 aliphatic heterocycles. The highest BCUT2D eigenvalue weighted by atomic mass is 16.5. The van der Waals surface area contributed by atoms with Crippen LogP contribution in [0.25, 0.3) is 0 Å².